The average molecular weight is 386 g/mol. The summed E-state index contributed by atoms with van der Waals surface area (Å²) in [5, 5.41) is -0.275. The Morgan fingerprint density at radius 1 is 1.18 bits per heavy atom. The van der Waals surface area contributed by atoms with E-state index in [1.807, 2.05) is 13.8 Å². The van der Waals surface area contributed by atoms with E-state index in [4.69, 9.17) is 9.47 Å². The molecule has 0 unspecified atom stereocenters. The highest BCUT2D eigenvalue weighted by Gasteiger charge is 2.32. The highest BCUT2D eigenvalue weighted by molar-refractivity contribution is 9.10. The number of benzene rings is 1. The molecule has 118 valence electrons. The van der Waals surface area contributed by atoms with E-state index in [2.05, 4.69) is 15.9 Å². The van der Waals surface area contributed by atoms with Gasteiger partial charge in [0.1, 0.15) is 0 Å². The van der Waals surface area contributed by atoms with Crippen LogP contribution in [-0.4, -0.2) is 36.3 Å². The fraction of sp³-hybridized carbons (Fsp3) is 0.333. The van der Waals surface area contributed by atoms with Crippen molar-refractivity contribution in [2.75, 3.05) is 20.3 Å². The van der Waals surface area contributed by atoms with Crippen LogP contribution < -0.4 is 9.47 Å². The number of imide groups is 1. The quantitative estimate of drug-likeness (QED) is 0.719. The predicted octanol–water partition coefficient (Wildman–Crippen LogP) is 3.91. The summed E-state index contributed by atoms with van der Waals surface area (Å²) in [5.74, 6) is 0.945. The van der Waals surface area contributed by atoms with Gasteiger partial charge in [-0.15, -0.1) is 0 Å². The third-order valence-electron chi connectivity index (χ3n) is 2.94. The van der Waals surface area contributed by atoms with Gasteiger partial charge in [0.05, 0.1) is 18.1 Å². The topological polar surface area (TPSA) is 55.8 Å². The SMILES string of the molecule is CCOc1cc(Br)c(/C=C2\SC(=O)N(C)C2=O)cc1OCC. The van der Waals surface area contributed by atoms with Crippen molar-refractivity contribution < 1.29 is 19.1 Å². The van der Waals surface area contributed by atoms with E-state index < -0.39 is 0 Å². The molecule has 2 amide bonds. The van der Waals surface area contributed by atoms with Crippen LogP contribution in [0.4, 0.5) is 4.79 Å². The highest BCUT2D eigenvalue weighted by atomic mass is 79.9. The molecule has 0 aliphatic carbocycles. The van der Waals surface area contributed by atoms with Crippen molar-refractivity contribution in [1.82, 2.24) is 4.90 Å². The number of ether oxygens (including phenoxy) is 2. The highest BCUT2D eigenvalue weighted by Crippen LogP contribution is 2.37. The molecule has 1 aliphatic heterocycles. The van der Waals surface area contributed by atoms with E-state index in [-0.39, 0.29) is 11.1 Å². The molecule has 1 fully saturated rings. The molecular formula is C15H16BrNO4S. The van der Waals surface area contributed by atoms with Gasteiger partial charge in [-0.05, 0) is 49.4 Å². The number of likely N-dealkylation sites (N-methyl/N-ethyl adjacent to an activating group) is 1. The average Bonchev–Trinajstić information content (AvgIpc) is 2.71. The lowest BCUT2D eigenvalue weighted by Crippen LogP contribution is -2.22. The zero-order valence-corrected chi connectivity index (χ0v) is 14.9. The van der Waals surface area contributed by atoms with Crippen LogP contribution >= 0.6 is 27.7 Å². The van der Waals surface area contributed by atoms with Gasteiger partial charge < -0.3 is 9.47 Å². The first kappa shape index (κ1) is 16.9. The van der Waals surface area contributed by atoms with Crippen molar-refractivity contribution in [3.63, 3.8) is 0 Å². The van der Waals surface area contributed by atoms with E-state index in [1.54, 1.807) is 18.2 Å². The van der Waals surface area contributed by atoms with Crippen molar-refractivity contribution >= 4 is 44.9 Å². The Labute approximate surface area is 141 Å². The number of amides is 2. The molecule has 0 N–H and O–H groups in total. The van der Waals surface area contributed by atoms with Gasteiger partial charge in [-0.25, -0.2) is 0 Å². The van der Waals surface area contributed by atoms with Crippen molar-refractivity contribution in [3.8, 4) is 11.5 Å². The van der Waals surface area contributed by atoms with Crippen LogP contribution in [0.2, 0.25) is 0 Å². The minimum Gasteiger partial charge on any atom is -0.490 e. The second-order valence-corrected chi connectivity index (χ2v) is 6.27. The number of carbonyl (C=O) groups excluding carboxylic acids is 2. The standard InChI is InChI=1S/C15H16BrNO4S/c1-4-20-11-6-9(10(16)8-12(11)21-5-2)7-13-14(18)17(3)15(19)22-13/h6-8H,4-5H2,1-3H3/b13-7-. The second kappa shape index (κ2) is 7.19. The zero-order chi connectivity index (χ0) is 16.3. The molecule has 0 bridgehead atoms. The normalized spacial score (nSPS) is 16.5. The van der Waals surface area contributed by atoms with Gasteiger partial charge in [-0.3, -0.25) is 14.5 Å². The molecule has 0 radical (unpaired) electrons. The van der Waals surface area contributed by atoms with Crippen molar-refractivity contribution in [2.45, 2.75) is 13.8 Å². The van der Waals surface area contributed by atoms with Crippen LogP contribution in [0.3, 0.4) is 0 Å². The molecule has 22 heavy (non-hydrogen) atoms. The minimum atomic E-state index is -0.297. The molecule has 7 heteroatoms. The van der Waals surface area contributed by atoms with Crippen molar-refractivity contribution in [1.29, 1.82) is 0 Å². The Hall–Kier alpha value is -1.47. The number of rotatable bonds is 5. The molecule has 5 nitrogen and oxygen atoms in total. The molecule has 0 atom stereocenters. The summed E-state index contributed by atoms with van der Waals surface area (Å²) in [6, 6.07) is 3.60. The summed E-state index contributed by atoms with van der Waals surface area (Å²) in [4.78, 5) is 25.0. The lowest BCUT2D eigenvalue weighted by molar-refractivity contribution is -0.121. The lowest BCUT2D eigenvalue weighted by atomic mass is 10.2. The van der Waals surface area contributed by atoms with Gasteiger partial charge in [-0.1, -0.05) is 15.9 Å². The Balaban J connectivity index is 2.41. The molecule has 1 aromatic rings. The Bertz CT molecular complexity index is 645. The fourth-order valence-corrected chi connectivity index (χ4v) is 3.14. The Kier molecular flexibility index (Phi) is 5.52. The second-order valence-electron chi connectivity index (χ2n) is 4.43. The molecule has 0 spiro atoms. The maximum Gasteiger partial charge on any atom is 0.293 e. The van der Waals surface area contributed by atoms with Crippen molar-refractivity contribution in [3.05, 3.63) is 27.1 Å². The number of halogens is 1. The number of nitrogens with zero attached hydrogens (tertiary/aromatic N) is 1. The molecule has 2 rings (SSSR count). The molecular weight excluding hydrogens is 370 g/mol. The van der Waals surface area contributed by atoms with Gasteiger partial charge in [0.15, 0.2) is 11.5 Å². The molecule has 1 aromatic carbocycles. The fourth-order valence-electron chi connectivity index (χ4n) is 1.88. The molecule has 1 aliphatic rings. The summed E-state index contributed by atoms with van der Waals surface area (Å²) in [6.07, 6.45) is 1.68. The van der Waals surface area contributed by atoms with Crippen LogP contribution in [0.15, 0.2) is 21.5 Å². The van der Waals surface area contributed by atoms with E-state index >= 15 is 0 Å². The Morgan fingerprint density at radius 3 is 2.27 bits per heavy atom. The van der Waals surface area contributed by atoms with Crippen LogP contribution in [0.5, 0.6) is 11.5 Å². The summed E-state index contributed by atoms with van der Waals surface area (Å²) in [6.45, 7) is 4.82. The van der Waals surface area contributed by atoms with E-state index in [1.165, 1.54) is 7.05 Å². The zero-order valence-electron chi connectivity index (χ0n) is 12.5. The van der Waals surface area contributed by atoms with Gasteiger partial charge in [-0.2, -0.15) is 0 Å². The minimum absolute atomic E-state index is 0.275. The number of thioether (sulfide) groups is 1. The monoisotopic (exact) mass is 385 g/mol. The third kappa shape index (κ3) is 3.47. The number of hydrogen-bond donors (Lipinski definition) is 0. The smallest absolute Gasteiger partial charge is 0.293 e. The van der Waals surface area contributed by atoms with Gasteiger partial charge in [0.25, 0.3) is 11.1 Å². The van der Waals surface area contributed by atoms with Crippen molar-refractivity contribution in [2.24, 2.45) is 0 Å². The largest absolute Gasteiger partial charge is 0.490 e. The van der Waals surface area contributed by atoms with Crippen LogP contribution in [0.1, 0.15) is 19.4 Å². The number of hydrogen-bond acceptors (Lipinski definition) is 5. The van der Waals surface area contributed by atoms with Crippen LogP contribution in [0.25, 0.3) is 6.08 Å². The van der Waals surface area contributed by atoms with E-state index in [9.17, 15) is 9.59 Å². The molecule has 0 saturated carbocycles. The summed E-state index contributed by atoms with van der Waals surface area (Å²) >= 11 is 4.39. The first-order chi connectivity index (χ1) is 10.5. The lowest BCUT2D eigenvalue weighted by Gasteiger charge is -2.13. The predicted molar refractivity (Wildman–Crippen MR) is 90.2 cm³/mol. The maximum absolute atomic E-state index is 12.0. The molecule has 1 saturated heterocycles. The molecule has 1 heterocycles. The van der Waals surface area contributed by atoms with Gasteiger partial charge >= 0.3 is 0 Å². The maximum atomic E-state index is 12.0. The number of carbonyl (C=O) groups is 2. The molecule has 0 aromatic heterocycles. The first-order valence-corrected chi connectivity index (χ1v) is 8.39. The van der Waals surface area contributed by atoms with Crippen LogP contribution in [-0.2, 0) is 4.79 Å². The van der Waals surface area contributed by atoms with Crippen LogP contribution in [0, 0.1) is 0 Å². The van der Waals surface area contributed by atoms with Gasteiger partial charge in [0, 0.05) is 11.5 Å². The first-order valence-electron chi connectivity index (χ1n) is 6.78. The summed E-state index contributed by atoms with van der Waals surface area (Å²) < 4.78 is 11.9. The van der Waals surface area contributed by atoms with Gasteiger partial charge in [0.2, 0.25) is 0 Å². The van der Waals surface area contributed by atoms with E-state index in [0.29, 0.717) is 29.6 Å². The third-order valence-corrected chi connectivity index (χ3v) is 4.58. The van der Waals surface area contributed by atoms with E-state index in [0.717, 1.165) is 26.7 Å². The Morgan fingerprint density at radius 2 is 1.77 bits per heavy atom. The summed E-state index contributed by atoms with van der Waals surface area (Å²) in [7, 11) is 1.47. The summed E-state index contributed by atoms with van der Waals surface area (Å²) in [5.41, 5.74) is 0.755.